The van der Waals surface area contributed by atoms with Crippen LogP contribution in [0.3, 0.4) is 0 Å². The third kappa shape index (κ3) is 12.0. The van der Waals surface area contributed by atoms with Crippen molar-refractivity contribution in [2.45, 2.75) is 64.8 Å². The predicted molar refractivity (Wildman–Crippen MR) is 147 cm³/mol. The van der Waals surface area contributed by atoms with Gasteiger partial charge in [-0.05, 0) is 23.5 Å². The molecule has 0 aliphatic rings. The first-order valence-corrected chi connectivity index (χ1v) is 13.2. The van der Waals surface area contributed by atoms with E-state index in [1.165, 1.54) is 0 Å². The van der Waals surface area contributed by atoms with Gasteiger partial charge in [0.05, 0.1) is 12.6 Å². The number of alkyl carbamates (subject to hydrolysis) is 1. The Morgan fingerprint density at radius 2 is 1.41 bits per heavy atom. The molecule has 0 aromatic heterocycles. The van der Waals surface area contributed by atoms with Crippen molar-refractivity contribution in [1.29, 1.82) is 0 Å². The summed E-state index contributed by atoms with van der Waals surface area (Å²) in [6.45, 7) is 5.24. The lowest BCUT2D eigenvalue weighted by Gasteiger charge is -2.26. The zero-order valence-electron chi connectivity index (χ0n) is 22.8. The van der Waals surface area contributed by atoms with Crippen molar-refractivity contribution in [3.8, 4) is 0 Å². The van der Waals surface area contributed by atoms with Crippen LogP contribution in [0.15, 0.2) is 60.7 Å². The molecule has 0 bridgehead atoms. The summed E-state index contributed by atoms with van der Waals surface area (Å²) in [5, 5.41) is 20.5. The van der Waals surface area contributed by atoms with Crippen LogP contribution in [-0.2, 0) is 32.1 Å². The second-order valence-electron chi connectivity index (χ2n) is 9.68. The molecule has 0 fully saturated rings. The number of aliphatic hydroxyl groups is 1. The number of amides is 4. The monoisotopic (exact) mass is 540 g/mol. The molecule has 0 unspecified atom stereocenters. The number of hydrogen-bond donors (Lipinski definition) is 5. The summed E-state index contributed by atoms with van der Waals surface area (Å²) >= 11 is 0. The largest absolute Gasteiger partial charge is 0.445 e. The molecule has 10 heteroatoms. The van der Waals surface area contributed by atoms with E-state index in [0.717, 1.165) is 11.1 Å². The Labute approximate surface area is 229 Å². The van der Waals surface area contributed by atoms with Gasteiger partial charge in [-0.2, -0.15) is 0 Å². The summed E-state index contributed by atoms with van der Waals surface area (Å²) in [6, 6.07) is 15.7. The number of carbonyl (C=O) groups excluding carboxylic acids is 4. The van der Waals surface area contributed by atoms with E-state index in [0.29, 0.717) is 6.42 Å². The topological polar surface area (TPSA) is 146 Å². The Morgan fingerprint density at radius 1 is 0.821 bits per heavy atom. The highest BCUT2D eigenvalue weighted by molar-refractivity contribution is 5.91. The van der Waals surface area contributed by atoms with Crippen molar-refractivity contribution < 1.29 is 29.0 Å². The summed E-state index contributed by atoms with van der Waals surface area (Å²) in [7, 11) is 0. The number of rotatable bonds is 15. The summed E-state index contributed by atoms with van der Waals surface area (Å²) < 4.78 is 5.29. The van der Waals surface area contributed by atoms with E-state index in [9.17, 15) is 24.3 Å². The molecule has 0 aliphatic carbocycles. The first-order chi connectivity index (χ1) is 18.7. The number of carbonyl (C=O) groups is 4. The smallest absolute Gasteiger partial charge is 0.408 e. The molecule has 0 saturated heterocycles. The van der Waals surface area contributed by atoms with Gasteiger partial charge in [0.15, 0.2) is 0 Å². The molecular formula is C29H40N4O6. The minimum absolute atomic E-state index is 0.0473. The van der Waals surface area contributed by atoms with Crippen molar-refractivity contribution >= 4 is 23.8 Å². The molecule has 0 aliphatic heterocycles. The van der Waals surface area contributed by atoms with Gasteiger partial charge in [0, 0.05) is 19.4 Å². The predicted octanol–water partition coefficient (Wildman–Crippen LogP) is 2.06. The highest BCUT2D eigenvalue weighted by atomic mass is 16.5. The molecule has 2 aromatic carbocycles. The van der Waals surface area contributed by atoms with Crippen molar-refractivity contribution in [2.24, 2.45) is 5.92 Å². The number of ether oxygens (including phenoxy) is 1. The molecule has 4 amide bonds. The Kier molecular flexibility index (Phi) is 13.5. The average Bonchev–Trinajstić information content (AvgIpc) is 2.93. The van der Waals surface area contributed by atoms with Crippen molar-refractivity contribution in [3.63, 3.8) is 0 Å². The number of hydrogen-bond acceptors (Lipinski definition) is 6. The molecule has 39 heavy (non-hydrogen) atoms. The van der Waals surface area contributed by atoms with Gasteiger partial charge in [-0.3, -0.25) is 14.4 Å². The summed E-state index contributed by atoms with van der Waals surface area (Å²) in [6.07, 6.45) is 0.0474. The molecule has 2 rings (SSSR count). The lowest BCUT2D eigenvalue weighted by atomic mass is 10.0. The van der Waals surface area contributed by atoms with Gasteiger partial charge < -0.3 is 31.1 Å². The summed E-state index contributed by atoms with van der Waals surface area (Å²) in [5.74, 6) is -1.20. The van der Waals surface area contributed by atoms with Gasteiger partial charge in [-0.1, -0.05) is 81.4 Å². The maximum Gasteiger partial charge on any atom is 0.408 e. The molecule has 0 saturated carbocycles. The molecule has 2 aromatic rings. The fourth-order valence-corrected chi connectivity index (χ4v) is 3.77. The lowest BCUT2D eigenvalue weighted by Crippen LogP contribution is -2.57. The molecule has 5 N–H and O–H groups in total. The Bertz CT molecular complexity index is 1050. The maximum atomic E-state index is 13.3. The SMILES string of the molecule is CCC(=O)NC[C@@H](CO)NC(=O)[C@H](Cc1ccccc1)NC(=O)[C@H](CC(C)C)NC(=O)OCc1ccccc1. The minimum atomic E-state index is -0.993. The van der Waals surface area contributed by atoms with E-state index in [1.54, 1.807) is 6.92 Å². The van der Waals surface area contributed by atoms with Gasteiger partial charge in [-0.15, -0.1) is 0 Å². The van der Waals surface area contributed by atoms with E-state index in [1.807, 2.05) is 74.5 Å². The Balaban J connectivity index is 2.11. The Hall–Kier alpha value is -3.92. The van der Waals surface area contributed by atoms with Crippen LogP contribution < -0.4 is 21.3 Å². The normalized spacial score (nSPS) is 13.1. The van der Waals surface area contributed by atoms with E-state index >= 15 is 0 Å². The molecule has 3 atom stereocenters. The number of aliphatic hydroxyl groups excluding tert-OH is 1. The van der Waals surface area contributed by atoms with Crippen LogP contribution in [0.5, 0.6) is 0 Å². The lowest BCUT2D eigenvalue weighted by molar-refractivity contribution is -0.130. The summed E-state index contributed by atoms with van der Waals surface area (Å²) in [4.78, 5) is 50.7. The van der Waals surface area contributed by atoms with Gasteiger partial charge in [0.1, 0.15) is 18.7 Å². The van der Waals surface area contributed by atoms with Gasteiger partial charge in [-0.25, -0.2) is 4.79 Å². The van der Waals surface area contributed by atoms with E-state index in [4.69, 9.17) is 4.74 Å². The fourth-order valence-electron chi connectivity index (χ4n) is 3.77. The van der Waals surface area contributed by atoms with Gasteiger partial charge >= 0.3 is 6.09 Å². The minimum Gasteiger partial charge on any atom is -0.445 e. The summed E-state index contributed by atoms with van der Waals surface area (Å²) in [5.41, 5.74) is 1.62. The molecule has 212 valence electrons. The standard InChI is InChI=1S/C29H40N4O6/c1-4-26(35)30-17-23(18-34)31-27(36)25(16-21-11-7-5-8-12-21)32-28(37)24(15-20(2)3)33-29(38)39-19-22-13-9-6-10-14-22/h5-14,20,23-25,34H,4,15-19H2,1-3H3,(H,30,35)(H,31,36)(H,32,37)(H,33,38)/t23-,24-,25-/m0/s1. The van der Waals surface area contributed by atoms with Crippen LogP contribution in [-0.4, -0.2) is 60.2 Å². The molecule has 10 nitrogen and oxygen atoms in total. The van der Waals surface area contributed by atoms with E-state index in [-0.39, 0.29) is 37.8 Å². The first-order valence-electron chi connectivity index (χ1n) is 13.2. The quantitative estimate of drug-likeness (QED) is 0.234. The van der Waals surface area contributed by atoms with Crippen LogP contribution in [0.1, 0.15) is 44.7 Å². The number of nitrogens with one attached hydrogen (secondary N) is 4. The van der Waals surface area contributed by atoms with E-state index in [2.05, 4.69) is 21.3 Å². The molecule has 0 heterocycles. The first kappa shape index (κ1) is 31.3. The third-order valence-corrected chi connectivity index (χ3v) is 5.88. The van der Waals surface area contributed by atoms with Crippen molar-refractivity contribution in [1.82, 2.24) is 21.3 Å². The maximum absolute atomic E-state index is 13.3. The highest BCUT2D eigenvalue weighted by Crippen LogP contribution is 2.09. The van der Waals surface area contributed by atoms with Gasteiger partial charge in [0.2, 0.25) is 17.7 Å². The van der Waals surface area contributed by atoms with Crippen LogP contribution in [0.25, 0.3) is 0 Å². The average molecular weight is 541 g/mol. The van der Waals surface area contributed by atoms with Crippen LogP contribution in [0.2, 0.25) is 0 Å². The van der Waals surface area contributed by atoms with Gasteiger partial charge in [0.25, 0.3) is 0 Å². The number of benzene rings is 2. The zero-order valence-corrected chi connectivity index (χ0v) is 22.8. The van der Waals surface area contributed by atoms with E-state index < -0.39 is 42.6 Å². The fraction of sp³-hybridized carbons (Fsp3) is 0.448. The highest BCUT2D eigenvalue weighted by Gasteiger charge is 2.29. The second-order valence-corrected chi connectivity index (χ2v) is 9.68. The molecular weight excluding hydrogens is 500 g/mol. The van der Waals surface area contributed by atoms with Crippen LogP contribution >= 0.6 is 0 Å². The third-order valence-electron chi connectivity index (χ3n) is 5.88. The van der Waals surface area contributed by atoms with Crippen molar-refractivity contribution in [2.75, 3.05) is 13.2 Å². The zero-order chi connectivity index (χ0) is 28.6. The van der Waals surface area contributed by atoms with Crippen molar-refractivity contribution in [3.05, 3.63) is 71.8 Å². The van der Waals surface area contributed by atoms with Crippen LogP contribution in [0.4, 0.5) is 4.79 Å². The van der Waals surface area contributed by atoms with Crippen LogP contribution in [0, 0.1) is 5.92 Å². The molecule has 0 radical (unpaired) electrons. The molecule has 0 spiro atoms. The Morgan fingerprint density at radius 3 is 1.97 bits per heavy atom. The second kappa shape index (κ2) is 16.8.